The molecule has 0 unspecified atom stereocenters. The fourth-order valence-electron chi connectivity index (χ4n) is 2.90. The van der Waals surface area contributed by atoms with Crippen molar-refractivity contribution < 1.29 is 38.7 Å². The van der Waals surface area contributed by atoms with Crippen molar-refractivity contribution >= 4 is 87.8 Å². The van der Waals surface area contributed by atoms with Crippen molar-refractivity contribution in [3.8, 4) is 0 Å². The van der Waals surface area contributed by atoms with Gasteiger partial charge in [-0.2, -0.15) is 0 Å². The lowest BCUT2D eigenvalue weighted by molar-refractivity contribution is -0.141. The minimum absolute atomic E-state index is 0.238. The Morgan fingerprint density at radius 3 is 1.84 bits per heavy atom. The lowest BCUT2D eigenvalue weighted by Gasteiger charge is -2.19. The molecule has 0 bridgehead atoms. The molecule has 200 valence electrons. The van der Waals surface area contributed by atoms with Gasteiger partial charge in [0.2, 0.25) is 23.6 Å². The van der Waals surface area contributed by atoms with E-state index in [0.717, 1.165) is 0 Å². The van der Waals surface area contributed by atoms with E-state index in [1.807, 2.05) is 0 Å². The highest BCUT2D eigenvalue weighted by molar-refractivity contribution is 6.55. The standard InChI is InChI=1S/C19H18Cl4N6O8/c1-5(16(24)34)27-17(35)6(2-9(32)33)28-8(31)3-25-7(30)4-26-29-18(36)10-11(19(29)37)13(21)15(23)14(22)12(10)20/h5-6,26H,2-4H2,1H3,(H2,24,34)(H,25,30)(H,27,35)(H,28,31)(H,32,33)/t5-,6-/m0/s1. The molecule has 0 aromatic heterocycles. The van der Waals surface area contributed by atoms with E-state index < -0.39 is 73.0 Å². The van der Waals surface area contributed by atoms with Crippen LogP contribution in [0.5, 0.6) is 0 Å². The van der Waals surface area contributed by atoms with Gasteiger partial charge in [-0.05, 0) is 6.92 Å². The third-order valence-corrected chi connectivity index (χ3v) is 6.56. The molecule has 0 spiro atoms. The molecule has 0 radical (unpaired) electrons. The molecular formula is C19H18Cl4N6O8. The average Bonchev–Trinajstić information content (AvgIpc) is 3.07. The molecule has 0 saturated heterocycles. The van der Waals surface area contributed by atoms with Crippen molar-refractivity contribution in [3.63, 3.8) is 0 Å². The second kappa shape index (κ2) is 12.4. The lowest BCUT2D eigenvalue weighted by Crippen LogP contribution is -2.54. The molecule has 1 aromatic carbocycles. The Morgan fingerprint density at radius 1 is 0.865 bits per heavy atom. The van der Waals surface area contributed by atoms with Crippen molar-refractivity contribution in [2.75, 3.05) is 13.1 Å². The van der Waals surface area contributed by atoms with Crippen LogP contribution in [0.1, 0.15) is 34.1 Å². The summed E-state index contributed by atoms with van der Waals surface area (Å²) in [6.45, 7) is -0.128. The number of rotatable bonds is 11. The number of nitrogens with one attached hydrogen (secondary N) is 4. The zero-order valence-corrected chi connectivity index (χ0v) is 21.6. The summed E-state index contributed by atoms with van der Waals surface area (Å²) >= 11 is 23.9. The molecule has 37 heavy (non-hydrogen) atoms. The molecule has 0 aliphatic carbocycles. The predicted molar refractivity (Wildman–Crippen MR) is 129 cm³/mol. The number of amides is 6. The molecular weight excluding hydrogens is 582 g/mol. The van der Waals surface area contributed by atoms with Gasteiger partial charge in [-0.25, -0.2) is 10.4 Å². The normalized spacial score (nSPS) is 14.0. The molecule has 1 heterocycles. The van der Waals surface area contributed by atoms with Gasteiger partial charge < -0.3 is 26.8 Å². The number of hydrogen-bond acceptors (Lipinski definition) is 8. The third kappa shape index (κ3) is 6.99. The number of aliphatic carboxylic acids is 1. The van der Waals surface area contributed by atoms with E-state index in [2.05, 4.69) is 21.4 Å². The number of hydrogen-bond donors (Lipinski definition) is 6. The van der Waals surface area contributed by atoms with E-state index >= 15 is 0 Å². The average molecular weight is 600 g/mol. The number of primary amides is 1. The molecule has 18 heteroatoms. The minimum Gasteiger partial charge on any atom is -0.481 e. The number of benzene rings is 1. The van der Waals surface area contributed by atoms with Crippen LogP contribution >= 0.6 is 46.4 Å². The highest BCUT2D eigenvalue weighted by Gasteiger charge is 2.42. The van der Waals surface area contributed by atoms with E-state index in [0.29, 0.717) is 5.01 Å². The Morgan fingerprint density at radius 2 is 1.38 bits per heavy atom. The first-order chi connectivity index (χ1) is 17.2. The van der Waals surface area contributed by atoms with Gasteiger partial charge in [-0.3, -0.25) is 33.6 Å². The highest BCUT2D eigenvalue weighted by Crippen LogP contribution is 2.44. The number of imide groups is 1. The summed E-state index contributed by atoms with van der Waals surface area (Å²) in [5.74, 6) is -7.04. The molecule has 14 nitrogen and oxygen atoms in total. The molecule has 7 N–H and O–H groups in total. The number of carboxylic acids is 1. The maximum atomic E-state index is 12.6. The van der Waals surface area contributed by atoms with Crippen molar-refractivity contribution in [2.45, 2.75) is 25.4 Å². The van der Waals surface area contributed by atoms with Crippen LogP contribution in [0.15, 0.2) is 0 Å². The number of carboxylic acid groups (broad SMARTS) is 1. The van der Waals surface area contributed by atoms with E-state index in [4.69, 9.17) is 57.2 Å². The molecule has 0 saturated carbocycles. The van der Waals surface area contributed by atoms with Gasteiger partial charge in [0.1, 0.15) is 12.1 Å². The van der Waals surface area contributed by atoms with Crippen LogP contribution in [0.25, 0.3) is 0 Å². The summed E-state index contributed by atoms with van der Waals surface area (Å²) in [7, 11) is 0. The summed E-state index contributed by atoms with van der Waals surface area (Å²) in [6.07, 6.45) is -0.822. The van der Waals surface area contributed by atoms with Gasteiger partial charge in [0.05, 0.1) is 50.7 Å². The minimum atomic E-state index is -1.58. The number of carbonyl (C=O) groups is 7. The summed E-state index contributed by atoms with van der Waals surface area (Å²) in [6, 6.07) is -2.71. The number of halogens is 4. The molecule has 1 aliphatic heterocycles. The van der Waals surface area contributed by atoms with Crippen LogP contribution in [0.4, 0.5) is 0 Å². The van der Waals surface area contributed by atoms with Gasteiger partial charge in [-0.15, -0.1) is 0 Å². The first kappa shape index (κ1) is 30.1. The van der Waals surface area contributed by atoms with E-state index in [-0.39, 0.29) is 31.2 Å². The van der Waals surface area contributed by atoms with Crippen molar-refractivity contribution in [2.24, 2.45) is 5.73 Å². The largest absolute Gasteiger partial charge is 0.481 e. The molecule has 1 aromatic rings. The Labute approximate surface area is 228 Å². The third-order valence-electron chi connectivity index (χ3n) is 4.76. The SMILES string of the molecule is C[C@H](NC(=O)[C@H](CC(=O)O)NC(=O)CNC(=O)CNN1C(=O)c2c(Cl)c(Cl)c(Cl)c(Cl)c2C1=O)C(N)=O. The van der Waals surface area contributed by atoms with E-state index in [1.54, 1.807) is 0 Å². The number of nitrogens with two attached hydrogens (primary N) is 1. The first-order valence-corrected chi connectivity index (χ1v) is 11.5. The fourth-order valence-corrected chi connectivity index (χ4v) is 3.91. The molecule has 0 fully saturated rings. The van der Waals surface area contributed by atoms with Crippen molar-refractivity contribution in [1.82, 2.24) is 26.4 Å². The van der Waals surface area contributed by atoms with Gasteiger partial charge in [0.25, 0.3) is 11.8 Å². The summed E-state index contributed by atoms with van der Waals surface area (Å²) < 4.78 is 0. The molecule has 2 rings (SSSR count). The van der Waals surface area contributed by atoms with Crippen molar-refractivity contribution in [1.29, 1.82) is 0 Å². The van der Waals surface area contributed by atoms with Crippen LogP contribution in [-0.2, 0) is 24.0 Å². The predicted octanol–water partition coefficient (Wildman–Crippen LogP) is -0.533. The number of carbonyl (C=O) groups excluding carboxylic acids is 6. The number of nitrogens with zero attached hydrogens (tertiary/aromatic N) is 1. The maximum Gasteiger partial charge on any atom is 0.305 e. The molecule has 1 aliphatic rings. The Bertz CT molecular complexity index is 1160. The summed E-state index contributed by atoms with van der Waals surface area (Å²) in [4.78, 5) is 83.7. The second-order valence-electron chi connectivity index (χ2n) is 7.41. The quantitative estimate of drug-likeness (QED) is 0.109. The zero-order chi connectivity index (χ0) is 28.2. The highest BCUT2D eigenvalue weighted by atomic mass is 35.5. The summed E-state index contributed by atoms with van der Waals surface area (Å²) in [5, 5.41) is 14.7. The monoisotopic (exact) mass is 598 g/mol. The van der Waals surface area contributed by atoms with Gasteiger partial charge in [0, 0.05) is 0 Å². The molecule has 2 atom stereocenters. The van der Waals surface area contributed by atoms with Crippen LogP contribution in [0.3, 0.4) is 0 Å². The fraction of sp³-hybridized carbons (Fsp3) is 0.316. The Balaban J connectivity index is 1.95. The van der Waals surface area contributed by atoms with Gasteiger partial charge in [-0.1, -0.05) is 46.4 Å². The zero-order valence-electron chi connectivity index (χ0n) is 18.6. The smallest absolute Gasteiger partial charge is 0.305 e. The number of fused-ring (bicyclic) bond motifs is 1. The van der Waals surface area contributed by atoms with Crippen LogP contribution in [0.2, 0.25) is 20.1 Å². The van der Waals surface area contributed by atoms with E-state index in [1.165, 1.54) is 6.92 Å². The van der Waals surface area contributed by atoms with Gasteiger partial charge >= 0.3 is 5.97 Å². The Hall–Kier alpha value is -3.17. The first-order valence-electron chi connectivity index (χ1n) is 10.0. The topological polar surface area (TPSA) is 217 Å². The molecule has 6 amide bonds. The second-order valence-corrected chi connectivity index (χ2v) is 8.93. The maximum absolute atomic E-state index is 12.6. The summed E-state index contributed by atoms with van der Waals surface area (Å²) in [5.41, 5.74) is 6.67. The van der Waals surface area contributed by atoms with Crippen molar-refractivity contribution in [3.05, 3.63) is 31.2 Å². The Kier molecular flexibility index (Phi) is 10.1. The lowest BCUT2D eigenvalue weighted by atomic mass is 10.1. The van der Waals surface area contributed by atoms with Crippen LogP contribution < -0.4 is 27.1 Å². The van der Waals surface area contributed by atoms with Crippen LogP contribution in [0, 0.1) is 0 Å². The van der Waals surface area contributed by atoms with E-state index in [9.17, 15) is 33.6 Å². The number of hydrazine groups is 1. The van der Waals surface area contributed by atoms with Gasteiger partial charge in [0.15, 0.2) is 0 Å². The van der Waals surface area contributed by atoms with Crippen LogP contribution in [-0.4, -0.2) is 76.7 Å².